The Labute approximate surface area is 152 Å². The zero-order valence-electron chi connectivity index (χ0n) is 14.2. The summed E-state index contributed by atoms with van der Waals surface area (Å²) < 4.78 is 37.9. The molecule has 1 aromatic carbocycles. The second kappa shape index (κ2) is 8.64. The molecule has 0 aliphatic carbocycles. The highest BCUT2D eigenvalue weighted by Crippen LogP contribution is 2.21. The summed E-state index contributed by atoms with van der Waals surface area (Å²) in [6.07, 6.45) is 3.61. The number of furan rings is 1. The van der Waals surface area contributed by atoms with Crippen LogP contribution in [0.25, 0.3) is 11.5 Å². The van der Waals surface area contributed by atoms with Crippen LogP contribution in [0.15, 0.2) is 71.5 Å². The fraction of sp³-hybridized carbons (Fsp3) is 0.211. The van der Waals surface area contributed by atoms with Crippen molar-refractivity contribution in [3.8, 4) is 17.2 Å². The van der Waals surface area contributed by atoms with Gasteiger partial charge in [-0.15, -0.1) is 0 Å². The average Bonchev–Trinajstić information content (AvgIpc) is 3.19. The molecule has 0 saturated carbocycles. The fourth-order valence-corrected chi connectivity index (χ4v) is 3.45. The maximum Gasteiger partial charge on any atom is 0.212 e. The first-order valence-electron chi connectivity index (χ1n) is 8.27. The Bertz CT molecular complexity index is 910. The lowest BCUT2D eigenvalue weighted by atomic mass is 10.1. The Morgan fingerprint density at radius 1 is 1.04 bits per heavy atom. The summed E-state index contributed by atoms with van der Waals surface area (Å²) in [4.78, 5) is 4.28. The third-order valence-corrected chi connectivity index (χ3v) is 5.11. The normalized spacial score (nSPS) is 11.4. The number of para-hydroxylation sites is 1. The molecule has 0 unspecified atom stereocenters. The van der Waals surface area contributed by atoms with Crippen LogP contribution < -0.4 is 9.46 Å². The van der Waals surface area contributed by atoms with E-state index in [0.717, 1.165) is 11.3 Å². The number of hydrogen-bond acceptors (Lipinski definition) is 5. The third-order valence-electron chi connectivity index (χ3n) is 3.70. The first-order chi connectivity index (χ1) is 12.6. The van der Waals surface area contributed by atoms with Crippen molar-refractivity contribution in [2.24, 2.45) is 0 Å². The fourth-order valence-electron chi connectivity index (χ4n) is 2.43. The molecule has 136 valence electrons. The Balaban J connectivity index is 1.51. The number of nitrogens with one attached hydrogen (secondary N) is 1. The molecule has 1 N–H and O–H groups in total. The van der Waals surface area contributed by atoms with Gasteiger partial charge in [-0.05, 0) is 42.3 Å². The molecule has 0 bridgehead atoms. The van der Waals surface area contributed by atoms with E-state index < -0.39 is 10.0 Å². The molecular formula is C19H20N2O4S. The molecule has 2 heterocycles. The first-order valence-corrected chi connectivity index (χ1v) is 9.92. The maximum atomic E-state index is 12.2. The van der Waals surface area contributed by atoms with Crippen LogP contribution in [0.4, 0.5) is 0 Å². The molecule has 0 radical (unpaired) electrons. The number of nitrogens with zero attached hydrogens (tertiary/aromatic N) is 1. The standard InChI is InChI=1S/C19H20N2O4S/c22-26(23,14-6-13-24-17-8-2-1-3-9-17)21-15-16-7-4-11-20-19(16)18-10-5-12-25-18/h1-5,7-12,21H,6,13-15H2. The number of pyridine rings is 1. The van der Waals surface area contributed by atoms with Gasteiger partial charge >= 0.3 is 0 Å². The zero-order chi connectivity index (χ0) is 18.2. The lowest BCUT2D eigenvalue weighted by Gasteiger charge is -2.10. The van der Waals surface area contributed by atoms with Crippen molar-refractivity contribution < 1.29 is 17.6 Å². The van der Waals surface area contributed by atoms with Gasteiger partial charge < -0.3 is 9.15 Å². The van der Waals surface area contributed by atoms with Crippen molar-refractivity contribution in [3.05, 3.63) is 72.6 Å². The van der Waals surface area contributed by atoms with Crippen LogP contribution in [0, 0.1) is 0 Å². The smallest absolute Gasteiger partial charge is 0.212 e. The van der Waals surface area contributed by atoms with Crippen molar-refractivity contribution in [1.82, 2.24) is 9.71 Å². The average molecular weight is 372 g/mol. The van der Waals surface area contributed by atoms with Gasteiger partial charge in [0.2, 0.25) is 10.0 Å². The highest BCUT2D eigenvalue weighted by atomic mass is 32.2. The van der Waals surface area contributed by atoms with E-state index in [-0.39, 0.29) is 12.3 Å². The van der Waals surface area contributed by atoms with Gasteiger partial charge in [-0.25, -0.2) is 13.1 Å². The molecule has 0 spiro atoms. The van der Waals surface area contributed by atoms with E-state index in [4.69, 9.17) is 9.15 Å². The first kappa shape index (κ1) is 18.2. The summed E-state index contributed by atoms with van der Waals surface area (Å²) in [6, 6.07) is 16.5. The second-order valence-corrected chi connectivity index (χ2v) is 7.57. The van der Waals surface area contributed by atoms with Crippen LogP contribution in [0.5, 0.6) is 5.75 Å². The summed E-state index contributed by atoms with van der Waals surface area (Å²) in [6.45, 7) is 0.501. The summed E-state index contributed by atoms with van der Waals surface area (Å²) in [7, 11) is -3.41. The van der Waals surface area contributed by atoms with Crippen molar-refractivity contribution in [3.63, 3.8) is 0 Å². The topological polar surface area (TPSA) is 81.4 Å². The van der Waals surface area contributed by atoms with E-state index in [0.29, 0.717) is 24.5 Å². The van der Waals surface area contributed by atoms with Gasteiger partial charge in [0.25, 0.3) is 0 Å². The molecule has 3 aromatic rings. The van der Waals surface area contributed by atoms with Gasteiger partial charge in [0.1, 0.15) is 11.4 Å². The van der Waals surface area contributed by atoms with Gasteiger partial charge in [0, 0.05) is 12.7 Å². The number of sulfonamides is 1. The molecule has 3 rings (SSSR count). The molecule has 0 saturated heterocycles. The predicted molar refractivity (Wildman–Crippen MR) is 99.1 cm³/mol. The third kappa shape index (κ3) is 5.18. The molecule has 0 aliphatic rings. The predicted octanol–water partition coefficient (Wildman–Crippen LogP) is 3.23. The monoisotopic (exact) mass is 372 g/mol. The van der Waals surface area contributed by atoms with E-state index in [9.17, 15) is 8.42 Å². The molecule has 26 heavy (non-hydrogen) atoms. The van der Waals surface area contributed by atoms with Crippen LogP contribution in [0.3, 0.4) is 0 Å². The Morgan fingerprint density at radius 3 is 2.65 bits per heavy atom. The summed E-state index contributed by atoms with van der Waals surface area (Å²) >= 11 is 0. The highest BCUT2D eigenvalue weighted by molar-refractivity contribution is 7.89. The lowest BCUT2D eigenvalue weighted by Crippen LogP contribution is -2.27. The summed E-state index contributed by atoms with van der Waals surface area (Å²) in [5, 5.41) is 0. The zero-order valence-corrected chi connectivity index (χ0v) is 15.0. The van der Waals surface area contributed by atoms with E-state index in [1.165, 1.54) is 0 Å². The van der Waals surface area contributed by atoms with E-state index in [1.54, 1.807) is 30.7 Å². The molecule has 0 amide bonds. The van der Waals surface area contributed by atoms with Crippen molar-refractivity contribution in [1.29, 1.82) is 0 Å². The minimum Gasteiger partial charge on any atom is -0.494 e. The number of ether oxygens (including phenoxy) is 1. The molecule has 2 aromatic heterocycles. The van der Waals surface area contributed by atoms with Crippen molar-refractivity contribution >= 4 is 10.0 Å². The van der Waals surface area contributed by atoms with Crippen molar-refractivity contribution in [2.75, 3.05) is 12.4 Å². The van der Waals surface area contributed by atoms with Gasteiger partial charge in [-0.2, -0.15) is 0 Å². The highest BCUT2D eigenvalue weighted by Gasteiger charge is 2.13. The Kier molecular flexibility index (Phi) is 6.04. The second-order valence-electron chi connectivity index (χ2n) is 5.64. The van der Waals surface area contributed by atoms with Gasteiger partial charge in [0.05, 0.1) is 18.6 Å². The Hall–Kier alpha value is -2.64. The van der Waals surface area contributed by atoms with E-state index >= 15 is 0 Å². The quantitative estimate of drug-likeness (QED) is 0.583. The van der Waals surface area contributed by atoms with Gasteiger partial charge in [0.15, 0.2) is 5.76 Å². The number of hydrogen-bond donors (Lipinski definition) is 1. The molecule has 0 aliphatic heterocycles. The molecule has 0 fully saturated rings. The number of rotatable bonds is 9. The van der Waals surface area contributed by atoms with Crippen LogP contribution >= 0.6 is 0 Å². The van der Waals surface area contributed by atoms with Crippen LogP contribution in [-0.4, -0.2) is 25.8 Å². The van der Waals surface area contributed by atoms with E-state index in [1.807, 2.05) is 36.4 Å². The van der Waals surface area contributed by atoms with Gasteiger partial charge in [-0.3, -0.25) is 4.98 Å². The van der Waals surface area contributed by atoms with Crippen LogP contribution in [0.1, 0.15) is 12.0 Å². The summed E-state index contributed by atoms with van der Waals surface area (Å²) in [5.41, 5.74) is 1.39. The minimum absolute atomic E-state index is 0.00379. The lowest BCUT2D eigenvalue weighted by molar-refractivity contribution is 0.317. The number of benzene rings is 1. The Morgan fingerprint density at radius 2 is 1.88 bits per heavy atom. The SMILES string of the molecule is O=S(=O)(CCCOc1ccccc1)NCc1cccnc1-c1ccco1. The molecular weight excluding hydrogens is 352 g/mol. The molecule has 0 atom stereocenters. The molecule has 6 nitrogen and oxygen atoms in total. The maximum absolute atomic E-state index is 12.2. The van der Waals surface area contributed by atoms with Crippen LogP contribution in [0.2, 0.25) is 0 Å². The minimum atomic E-state index is -3.41. The van der Waals surface area contributed by atoms with E-state index in [2.05, 4.69) is 9.71 Å². The van der Waals surface area contributed by atoms with Gasteiger partial charge in [-0.1, -0.05) is 24.3 Å². The van der Waals surface area contributed by atoms with Crippen molar-refractivity contribution in [2.45, 2.75) is 13.0 Å². The van der Waals surface area contributed by atoms with Crippen LogP contribution in [-0.2, 0) is 16.6 Å². The number of aromatic nitrogens is 1. The largest absolute Gasteiger partial charge is 0.494 e. The summed E-state index contributed by atoms with van der Waals surface area (Å²) in [5.74, 6) is 1.34. The molecule has 7 heteroatoms.